The van der Waals surface area contributed by atoms with Gasteiger partial charge in [0.25, 0.3) is 0 Å². The molecule has 0 saturated heterocycles. The molecule has 0 radical (unpaired) electrons. The molecule has 0 saturated carbocycles. The van der Waals surface area contributed by atoms with Gasteiger partial charge in [-0.1, -0.05) is 18.2 Å². The van der Waals surface area contributed by atoms with Crippen molar-refractivity contribution < 1.29 is 24.2 Å². The van der Waals surface area contributed by atoms with Crippen molar-refractivity contribution in [3.05, 3.63) is 30.3 Å². The number of nitrogens with one attached hydrogen (secondary N) is 1. The molecule has 7 heteroatoms. The van der Waals surface area contributed by atoms with Crippen LogP contribution in [0.1, 0.15) is 34.1 Å². The second kappa shape index (κ2) is 10.3. The molecule has 0 spiro atoms. The molecule has 0 bridgehead atoms. The highest BCUT2D eigenvalue weighted by atomic mass is 32.2. The number of rotatable bonds is 8. The van der Waals surface area contributed by atoms with Crippen LogP contribution in [0.5, 0.6) is 0 Å². The summed E-state index contributed by atoms with van der Waals surface area (Å²) in [6.45, 7) is 6.74. The summed E-state index contributed by atoms with van der Waals surface area (Å²) in [7, 11) is 0. The van der Waals surface area contributed by atoms with Crippen molar-refractivity contribution in [2.45, 2.75) is 56.8 Å². The van der Waals surface area contributed by atoms with Gasteiger partial charge in [-0.25, -0.2) is 4.79 Å². The highest BCUT2D eigenvalue weighted by Gasteiger charge is 2.25. The summed E-state index contributed by atoms with van der Waals surface area (Å²) in [6.07, 6.45) is -1.21. The maximum atomic E-state index is 12.0. The first kappa shape index (κ1) is 21.3. The lowest BCUT2D eigenvalue weighted by atomic mass is 10.1. The summed E-state index contributed by atoms with van der Waals surface area (Å²) in [5.41, 5.74) is -0.621. The van der Waals surface area contributed by atoms with Crippen molar-refractivity contribution in [1.29, 1.82) is 0 Å². The number of aliphatic hydroxyl groups excluding tert-OH is 1. The lowest BCUT2D eigenvalue weighted by molar-refractivity contribution is -0.141. The maximum Gasteiger partial charge on any atom is 0.407 e. The number of alkyl carbamates (subject to hydrolysis) is 1. The van der Waals surface area contributed by atoms with Crippen LogP contribution in [0.2, 0.25) is 0 Å². The Hall–Kier alpha value is -1.73. The average molecular weight is 369 g/mol. The van der Waals surface area contributed by atoms with Crippen LogP contribution >= 0.6 is 11.8 Å². The van der Waals surface area contributed by atoms with Crippen LogP contribution in [0.3, 0.4) is 0 Å². The van der Waals surface area contributed by atoms with Crippen molar-refractivity contribution in [2.24, 2.45) is 0 Å². The Bertz CT molecular complexity index is 544. The largest absolute Gasteiger partial charge is 0.466 e. The molecule has 1 aromatic rings. The molecule has 0 aliphatic heterocycles. The summed E-state index contributed by atoms with van der Waals surface area (Å²) in [5, 5.41) is 13.1. The second-order valence-corrected chi connectivity index (χ2v) is 7.67. The Labute approximate surface area is 153 Å². The molecule has 140 valence electrons. The van der Waals surface area contributed by atoms with Crippen LogP contribution in [0.25, 0.3) is 0 Å². The fourth-order valence-electron chi connectivity index (χ4n) is 1.94. The van der Waals surface area contributed by atoms with E-state index in [-0.39, 0.29) is 13.0 Å². The quantitative estimate of drug-likeness (QED) is 0.541. The third-order valence-corrected chi connectivity index (χ3v) is 4.19. The van der Waals surface area contributed by atoms with Crippen LogP contribution in [-0.4, -0.2) is 47.3 Å². The topological polar surface area (TPSA) is 84.9 Å². The summed E-state index contributed by atoms with van der Waals surface area (Å²) < 4.78 is 10.1. The Morgan fingerprint density at radius 3 is 2.44 bits per heavy atom. The Morgan fingerprint density at radius 2 is 1.88 bits per heavy atom. The molecular weight excluding hydrogens is 342 g/mol. The van der Waals surface area contributed by atoms with Gasteiger partial charge in [0.05, 0.1) is 18.8 Å². The SMILES string of the molecule is CC(=O)OCCC(O)C(CSc1ccccc1)NC(=O)OC(C)(C)C. The molecule has 25 heavy (non-hydrogen) atoms. The lowest BCUT2D eigenvalue weighted by Gasteiger charge is -2.26. The molecule has 0 aromatic heterocycles. The third-order valence-electron chi connectivity index (χ3n) is 3.06. The van der Waals surface area contributed by atoms with E-state index in [9.17, 15) is 14.7 Å². The van der Waals surface area contributed by atoms with Crippen molar-refractivity contribution >= 4 is 23.8 Å². The van der Waals surface area contributed by atoms with Gasteiger partial charge in [-0.3, -0.25) is 4.79 Å². The van der Waals surface area contributed by atoms with Gasteiger partial charge in [0.15, 0.2) is 0 Å². The predicted molar refractivity (Wildman–Crippen MR) is 97.6 cm³/mol. The standard InChI is InChI=1S/C18H27NO5S/c1-13(20)23-11-10-16(21)15(19-17(22)24-18(2,3)4)12-25-14-8-6-5-7-9-14/h5-9,15-16,21H,10-12H2,1-4H3,(H,19,22). The Morgan fingerprint density at radius 1 is 1.24 bits per heavy atom. The number of benzene rings is 1. The number of hydrogen-bond donors (Lipinski definition) is 2. The molecule has 0 aliphatic carbocycles. The lowest BCUT2D eigenvalue weighted by Crippen LogP contribution is -2.47. The Kier molecular flexibility index (Phi) is 8.78. The van der Waals surface area contributed by atoms with Crippen LogP contribution in [0.15, 0.2) is 35.2 Å². The van der Waals surface area contributed by atoms with Crippen molar-refractivity contribution in [1.82, 2.24) is 5.32 Å². The van der Waals surface area contributed by atoms with Crippen LogP contribution in [0.4, 0.5) is 4.79 Å². The molecule has 1 aromatic carbocycles. The number of ether oxygens (including phenoxy) is 2. The number of carbonyl (C=O) groups excluding carboxylic acids is 2. The van der Waals surface area contributed by atoms with E-state index < -0.39 is 29.8 Å². The zero-order chi connectivity index (χ0) is 18.9. The van der Waals surface area contributed by atoms with Gasteiger partial charge in [0, 0.05) is 24.0 Å². The summed E-state index contributed by atoms with van der Waals surface area (Å²) in [4.78, 5) is 23.9. The summed E-state index contributed by atoms with van der Waals surface area (Å²) in [5.74, 6) is 0.0623. The number of aliphatic hydroxyl groups is 1. The van der Waals surface area contributed by atoms with Gasteiger partial charge in [0.2, 0.25) is 0 Å². The van der Waals surface area contributed by atoms with Gasteiger partial charge in [-0.05, 0) is 32.9 Å². The van der Waals surface area contributed by atoms with E-state index >= 15 is 0 Å². The smallest absolute Gasteiger partial charge is 0.407 e. The van der Waals surface area contributed by atoms with Gasteiger partial charge in [0.1, 0.15) is 5.60 Å². The van der Waals surface area contributed by atoms with Crippen molar-refractivity contribution in [3.63, 3.8) is 0 Å². The molecule has 0 fully saturated rings. The Balaban J connectivity index is 2.64. The number of esters is 1. The first-order chi connectivity index (χ1) is 11.7. The first-order valence-electron chi connectivity index (χ1n) is 8.16. The molecule has 1 rings (SSSR count). The third kappa shape index (κ3) is 9.99. The highest BCUT2D eigenvalue weighted by molar-refractivity contribution is 7.99. The van der Waals surface area contributed by atoms with Crippen molar-refractivity contribution in [3.8, 4) is 0 Å². The minimum absolute atomic E-state index is 0.0962. The van der Waals surface area contributed by atoms with Crippen LogP contribution < -0.4 is 5.32 Å². The van der Waals surface area contributed by atoms with E-state index in [1.807, 2.05) is 30.3 Å². The van der Waals surface area contributed by atoms with E-state index in [0.29, 0.717) is 5.75 Å². The van der Waals surface area contributed by atoms with E-state index in [2.05, 4.69) is 5.32 Å². The molecule has 0 heterocycles. The number of carbonyl (C=O) groups is 2. The number of amides is 1. The fourth-order valence-corrected chi connectivity index (χ4v) is 2.96. The highest BCUT2D eigenvalue weighted by Crippen LogP contribution is 2.20. The van der Waals surface area contributed by atoms with E-state index in [1.165, 1.54) is 18.7 Å². The molecular formula is C18H27NO5S. The molecule has 1 amide bonds. The molecule has 0 aliphatic rings. The fraction of sp³-hybridized carbons (Fsp3) is 0.556. The molecule has 2 atom stereocenters. The monoisotopic (exact) mass is 369 g/mol. The van der Waals surface area contributed by atoms with Gasteiger partial charge >= 0.3 is 12.1 Å². The minimum Gasteiger partial charge on any atom is -0.466 e. The average Bonchev–Trinajstić information content (AvgIpc) is 2.50. The van der Waals surface area contributed by atoms with E-state index in [4.69, 9.17) is 9.47 Å². The number of hydrogen-bond acceptors (Lipinski definition) is 6. The van der Waals surface area contributed by atoms with E-state index in [0.717, 1.165) is 4.90 Å². The normalized spacial score (nSPS) is 13.6. The molecule has 2 unspecified atom stereocenters. The summed E-state index contributed by atoms with van der Waals surface area (Å²) in [6, 6.07) is 9.16. The van der Waals surface area contributed by atoms with Gasteiger partial charge < -0.3 is 19.9 Å². The predicted octanol–water partition coefficient (Wildman–Crippen LogP) is 2.99. The van der Waals surface area contributed by atoms with Crippen LogP contribution in [0, 0.1) is 0 Å². The number of thioether (sulfide) groups is 1. The first-order valence-corrected chi connectivity index (χ1v) is 9.15. The summed E-state index contributed by atoms with van der Waals surface area (Å²) >= 11 is 1.52. The van der Waals surface area contributed by atoms with E-state index in [1.54, 1.807) is 20.8 Å². The molecule has 6 nitrogen and oxygen atoms in total. The minimum atomic E-state index is -0.858. The van der Waals surface area contributed by atoms with Crippen molar-refractivity contribution in [2.75, 3.05) is 12.4 Å². The zero-order valence-electron chi connectivity index (χ0n) is 15.2. The van der Waals surface area contributed by atoms with Gasteiger partial charge in [-0.2, -0.15) is 0 Å². The second-order valence-electron chi connectivity index (χ2n) is 6.57. The van der Waals surface area contributed by atoms with Gasteiger partial charge in [-0.15, -0.1) is 11.8 Å². The maximum absolute atomic E-state index is 12.0. The molecule has 2 N–H and O–H groups in total. The zero-order valence-corrected chi connectivity index (χ0v) is 16.0. The van der Waals surface area contributed by atoms with Crippen LogP contribution in [-0.2, 0) is 14.3 Å².